The quantitative estimate of drug-likeness (QED) is 0.779. The van der Waals surface area contributed by atoms with E-state index >= 15 is 0 Å². The van der Waals surface area contributed by atoms with E-state index in [1.54, 1.807) is 19.1 Å². The van der Waals surface area contributed by atoms with Gasteiger partial charge in [0.25, 0.3) is 5.91 Å². The van der Waals surface area contributed by atoms with Crippen LogP contribution in [0.4, 0.5) is 0 Å². The van der Waals surface area contributed by atoms with E-state index in [1.165, 1.54) is 12.1 Å². The van der Waals surface area contributed by atoms with Crippen molar-refractivity contribution in [3.8, 4) is 0 Å². The number of sulfonamides is 1. The van der Waals surface area contributed by atoms with Crippen LogP contribution in [0.25, 0.3) is 0 Å². The fraction of sp³-hybridized carbons (Fsp3) is 0.350. The maximum absolute atomic E-state index is 12.7. The largest absolute Gasteiger partial charge is 0.349 e. The van der Waals surface area contributed by atoms with Crippen LogP contribution in [0.2, 0.25) is 0 Å². The van der Waals surface area contributed by atoms with Crippen molar-refractivity contribution in [2.45, 2.75) is 44.7 Å². The number of carbonyl (C=O) groups excluding carboxylic acids is 1. The Morgan fingerprint density at radius 2 is 1.58 bits per heavy atom. The molecule has 0 heterocycles. The minimum absolute atomic E-state index is 0.000934. The summed E-state index contributed by atoms with van der Waals surface area (Å²) in [5.74, 6) is 0.0126. The molecule has 0 aliphatic rings. The number of rotatable bonds is 7. The Balaban J connectivity index is 2.18. The van der Waals surface area contributed by atoms with Gasteiger partial charge in [-0.05, 0) is 43.5 Å². The summed E-state index contributed by atoms with van der Waals surface area (Å²) < 4.78 is 28.0. The van der Waals surface area contributed by atoms with Crippen LogP contribution in [0.1, 0.15) is 49.7 Å². The first-order valence-electron chi connectivity index (χ1n) is 8.69. The third kappa shape index (κ3) is 5.16. The molecule has 0 bridgehead atoms. The highest BCUT2D eigenvalue weighted by Gasteiger charge is 2.20. The van der Waals surface area contributed by atoms with Crippen LogP contribution in [-0.2, 0) is 10.0 Å². The minimum atomic E-state index is -3.74. The van der Waals surface area contributed by atoms with E-state index in [0.717, 1.165) is 5.56 Å². The van der Waals surface area contributed by atoms with Crippen LogP contribution < -0.4 is 10.0 Å². The molecule has 2 aromatic rings. The first kappa shape index (κ1) is 20.1. The van der Waals surface area contributed by atoms with Gasteiger partial charge in [0, 0.05) is 17.6 Å². The maximum atomic E-state index is 12.7. The Bertz CT molecular complexity index is 848. The average molecular weight is 375 g/mol. The average Bonchev–Trinajstić information content (AvgIpc) is 2.62. The van der Waals surface area contributed by atoms with Gasteiger partial charge in [0.05, 0.1) is 4.90 Å². The Hall–Kier alpha value is -2.18. The Labute approximate surface area is 155 Å². The highest BCUT2D eigenvalue weighted by molar-refractivity contribution is 7.89. The molecule has 26 heavy (non-hydrogen) atoms. The maximum Gasteiger partial charge on any atom is 0.251 e. The zero-order valence-electron chi connectivity index (χ0n) is 15.6. The number of hydrogen-bond donors (Lipinski definition) is 2. The van der Waals surface area contributed by atoms with Crippen molar-refractivity contribution in [3.63, 3.8) is 0 Å². The van der Waals surface area contributed by atoms with Crippen molar-refractivity contribution in [1.29, 1.82) is 0 Å². The van der Waals surface area contributed by atoms with E-state index in [4.69, 9.17) is 0 Å². The van der Waals surface area contributed by atoms with Gasteiger partial charge in [-0.15, -0.1) is 0 Å². The number of carbonyl (C=O) groups is 1. The second-order valence-electron chi connectivity index (χ2n) is 6.79. The molecule has 0 fully saturated rings. The Kier molecular flexibility index (Phi) is 6.56. The molecule has 2 atom stereocenters. The summed E-state index contributed by atoms with van der Waals surface area (Å²) in [6.07, 6.45) is 0. The molecule has 1 amide bonds. The monoisotopic (exact) mass is 374 g/mol. The molecule has 0 aliphatic carbocycles. The third-order valence-electron chi connectivity index (χ3n) is 4.40. The van der Waals surface area contributed by atoms with Crippen LogP contribution >= 0.6 is 0 Å². The first-order valence-corrected chi connectivity index (χ1v) is 10.2. The van der Waals surface area contributed by atoms with Crippen molar-refractivity contribution in [3.05, 3.63) is 65.7 Å². The van der Waals surface area contributed by atoms with Gasteiger partial charge in [-0.2, -0.15) is 0 Å². The van der Waals surface area contributed by atoms with E-state index < -0.39 is 10.0 Å². The summed E-state index contributed by atoms with van der Waals surface area (Å²) in [5, 5.41) is 2.89. The standard InChI is InChI=1S/C20H26N2O3S/c1-14(2)15(3)21-20(23)18-11-8-12-19(13-18)26(24,25)22-16(4)17-9-6-5-7-10-17/h5-16,22H,1-4H3,(H,21,23). The van der Waals surface area contributed by atoms with Gasteiger partial charge in [0.1, 0.15) is 0 Å². The normalized spacial score (nSPS) is 14.0. The summed E-state index contributed by atoms with van der Waals surface area (Å²) in [6.45, 7) is 7.74. The van der Waals surface area contributed by atoms with Crippen LogP contribution in [0.15, 0.2) is 59.5 Å². The number of amides is 1. The van der Waals surface area contributed by atoms with Crippen LogP contribution in [0.3, 0.4) is 0 Å². The zero-order valence-corrected chi connectivity index (χ0v) is 16.4. The van der Waals surface area contributed by atoms with Gasteiger partial charge in [-0.3, -0.25) is 4.79 Å². The molecule has 2 rings (SSSR count). The van der Waals surface area contributed by atoms with Crippen LogP contribution in [0, 0.1) is 5.92 Å². The first-order chi connectivity index (χ1) is 12.2. The fourth-order valence-corrected chi connectivity index (χ4v) is 3.65. The zero-order chi connectivity index (χ0) is 19.3. The van der Waals surface area contributed by atoms with Gasteiger partial charge >= 0.3 is 0 Å². The second-order valence-corrected chi connectivity index (χ2v) is 8.50. The van der Waals surface area contributed by atoms with E-state index in [0.29, 0.717) is 11.5 Å². The SMILES string of the molecule is CC(NS(=O)(=O)c1cccc(C(=O)NC(C)C(C)C)c1)c1ccccc1. The lowest BCUT2D eigenvalue weighted by molar-refractivity contribution is 0.0930. The fourth-order valence-electron chi connectivity index (χ4n) is 2.37. The lowest BCUT2D eigenvalue weighted by Gasteiger charge is -2.18. The van der Waals surface area contributed by atoms with E-state index in [-0.39, 0.29) is 22.9 Å². The summed E-state index contributed by atoms with van der Waals surface area (Å²) in [4.78, 5) is 12.4. The molecule has 0 spiro atoms. The van der Waals surface area contributed by atoms with Crippen LogP contribution in [0.5, 0.6) is 0 Å². The molecule has 0 saturated carbocycles. The molecule has 140 valence electrons. The number of benzene rings is 2. The number of nitrogens with one attached hydrogen (secondary N) is 2. The predicted octanol–water partition coefficient (Wildman–Crippen LogP) is 3.50. The van der Waals surface area contributed by atoms with Crippen molar-refractivity contribution < 1.29 is 13.2 Å². The highest BCUT2D eigenvalue weighted by atomic mass is 32.2. The molecule has 0 saturated heterocycles. The lowest BCUT2D eigenvalue weighted by Crippen LogP contribution is -2.36. The molecule has 2 unspecified atom stereocenters. The number of hydrogen-bond acceptors (Lipinski definition) is 3. The van der Waals surface area contributed by atoms with Crippen LogP contribution in [-0.4, -0.2) is 20.4 Å². The van der Waals surface area contributed by atoms with E-state index in [9.17, 15) is 13.2 Å². The molecular weight excluding hydrogens is 348 g/mol. The van der Waals surface area contributed by atoms with Crippen molar-refractivity contribution in [2.24, 2.45) is 5.92 Å². The molecule has 6 heteroatoms. The predicted molar refractivity (Wildman–Crippen MR) is 103 cm³/mol. The molecule has 2 aromatic carbocycles. The summed E-state index contributed by atoms with van der Waals surface area (Å²) >= 11 is 0. The summed E-state index contributed by atoms with van der Waals surface area (Å²) in [6, 6.07) is 15.0. The highest BCUT2D eigenvalue weighted by Crippen LogP contribution is 2.18. The smallest absolute Gasteiger partial charge is 0.251 e. The van der Waals surface area contributed by atoms with Crippen molar-refractivity contribution in [2.75, 3.05) is 0 Å². The molecule has 0 aromatic heterocycles. The lowest BCUT2D eigenvalue weighted by atomic mass is 10.1. The van der Waals surface area contributed by atoms with Gasteiger partial charge in [0.2, 0.25) is 10.0 Å². The summed E-state index contributed by atoms with van der Waals surface area (Å²) in [7, 11) is -3.74. The topological polar surface area (TPSA) is 75.3 Å². The Morgan fingerprint density at radius 3 is 2.19 bits per heavy atom. The van der Waals surface area contributed by atoms with E-state index in [2.05, 4.69) is 10.0 Å². The second kappa shape index (κ2) is 8.47. The van der Waals surface area contributed by atoms with Gasteiger partial charge in [-0.1, -0.05) is 50.2 Å². The van der Waals surface area contributed by atoms with E-state index in [1.807, 2.05) is 51.1 Å². The van der Waals surface area contributed by atoms with Crippen molar-refractivity contribution in [1.82, 2.24) is 10.0 Å². The van der Waals surface area contributed by atoms with Gasteiger partial charge < -0.3 is 5.32 Å². The molecule has 0 aliphatic heterocycles. The van der Waals surface area contributed by atoms with Gasteiger partial charge in [0.15, 0.2) is 0 Å². The Morgan fingerprint density at radius 1 is 0.923 bits per heavy atom. The van der Waals surface area contributed by atoms with Crippen molar-refractivity contribution >= 4 is 15.9 Å². The third-order valence-corrected chi connectivity index (χ3v) is 5.94. The molecule has 0 radical (unpaired) electrons. The molecule has 5 nitrogen and oxygen atoms in total. The molecular formula is C20H26N2O3S. The molecule has 2 N–H and O–H groups in total. The minimum Gasteiger partial charge on any atom is -0.349 e. The summed E-state index contributed by atoms with van der Waals surface area (Å²) in [5.41, 5.74) is 1.20. The van der Waals surface area contributed by atoms with Gasteiger partial charge in [-0.25, -0.2) is 13.1 Å².